The van der Waals surface area contributed by atoms with Gasteiger partial charge in [0.1, 0.15) is 5.75 Å². The minimum Gasteiger partial charge on any atom is -0.481 e. The van der Waals surface area contributed by atoms with E-state index in [9.17, 15) is 13.2 Å². The largest absolute Gasteiger partial charge is 0.481 e. The van der Waals surface area contributed by atoms with Gasteiger partial charge in [0.05, 0.1) is 4.90 Å². The Morgan fingerprint density at radius 1 is 0.882 bits per heavy atom. The van der Waals surface area contributed by atoms with E-state index < -0.39 is 16.1 Å². The van der Waals surface area contributed by atoms with Crippen LogP contribution in [0.4, 0.5) is 11.4 Å². The first-order valence-electron chi connectivity index (χ1n) is 10.7. The van der Waals surface area contributed by atoms with Crippen LogP contribution in [0.5, 0.6) is 5.75 Å². The maximum absolute atomic E-state index is 12.8. The van der Waals surface area contributed by atoms with Crippen LogP contribution >= 0.6 is 15.9 Å². The minimum absolute atomic E-state index is 0.0906. The summed E-state index contributed by atoms with van der Waals surface area (Å²) in [6, 6.07) is 26.5. The predicted molar refractivity (Wildman–Crippen MR) is 139 cm³/mol. The summed E-state index contributed by atoms with van der Waals surface area (Å²) in [5.74, 6) is 0.306. The van der Waals surface area contributed by atoms with E-state index in [0.717, 1.165) is 15.2 Å². The summed E-state index contributed by atoms with van der Waals surface area (Å²) in [7, 11) is -3.75. The summed E-state index contributed by atoms with van der Waals surface area (Å²) in [4.78, 5) is 12.9. The maximum atomic E-state index is 12.8. The smallest absolute Gasteiger partial charge is 0.265 e. The van der Waals surface area contributed by atoms with E-state index >= 15 is 0 Å². The lowest BCUT2D eigenvalue weighted by atomic mass is 10.1. The summed E-state index contributed by atoms with van der Waals surface area (Å²) in [5.41, 5.74) is 0.936. The highest BCUT2D eigenvalue weighted by atomic mass is 79.9. The van der Waals surface area contributed by atoms with E-state index in [-0.39, 0.29) is 10.8 Å². The van der Waals surface area contributed by atoms with Crippen molar-refractivity contribution in [1.82, 2.24) is 0 Å². The van der Waals surface area contributed by atoms with Crippen LogP contribution in [-0.2, 0) is 14.8 Å². The third-order valence-corrected chi connectivity index (χ3v) is 7.12. The van der Waals surface area contributed by atoms with Gasteiger partial charge in [-0.05, 0) is 77.9 Å². The van der Waals surface area contributed by atoms with Crippen molar-refractivity contribution in [2.45, 2.75) is 24.3 Å². The molecule has 1 amide bonds. The standard InChI is InChI=1S/C26H23BrN2O4S/c1-2-25(33-23-14-7-18-5-3-4-6-19(18)17-23)26(30)28-21-12-15-24(16-13-21)34(31,32)29-22-10-8-20(27)9-11-22/h3-17,25,29H,2H2,1H3,(H,28,30)/t25-/m0/s1. The number of nitrogens with one attached hydrogen (secondary N) is 2. The topological polar surface area (TPSA) is 84.5 Å². The molecule has 0 unspecified atom stereocenters. The number of hydrogen-bond acceptors (Lipinski definition) is 4. The van der Waals surface area contributed by atoms with E-state index in [1.54, 1.807) is 36.4 Å². The van der Waals surface area contributed by atoms with Gasteiger partial charge in [-0.3, -0.25) is 9.52 Å². The molecule has 4 rings (SSSR count). The molecule has 0 radical (unpaired) electrons. The Bertz CT molecular complexity index is 1410. The molecule has 4 aromatic carbocycles. The molecule has 1 atom stereocenters. The average Bonchev–Trinajstić information content (AvgIpc) is 2.84. The summed E-state index contributed by atoms with van der Waals surface area (Å²) < 4.78 is 34.6. The van der Waals surface area contributed by atoms with Gasteiger partial charge < -0.3 is 10.1 Å². The zero-order valence-corrected chi connectivity index (χ0v) is 20.8. The second-order valence-electron chi connectivity index (χ2n) is 7.65. The van der Waals surface area contributed by atoms with Crippen molar-refractivity contribution in [3.8, 4) is 5.75 Å². The Kier molecular flexibility index (Phi) is 7.19. The fourth-order valence-electron chi connectivity index (χ4n) is 3.40. The number of carbonyl (C=O) groups is 1. The monoisotopic (exact) mass is 538 g/mol. The molecule has 34 heavy (non-hydrogen) atoms. The van der Waals surface area contributed by atoms with Crippen LogP contribution in [0.1, 0.15) is 13.3 Å². The van der Waals surface area contributed by atoms with Gasteiger partial charge >= 0.3 is 0 Å². The molecule has 8 heteroatoms. The van der Waals surface area contributed by atoms with Crippen molar-refractivity contribution in [2.24, 2.45) is 0 Å². The molecular formula is C26H23BrN2O4S. The normalized spacial score (nSPS) is 12.2. The molecule has 0 aliphatic rings. The Labute approximate surface area is 207 Å². The molecule has 0 aliphatic carbocycles. The lowest BCUT2D eigenvalue weighted by Crippen LogP contribution is -2.32. The summed E-state index contributed by atoms with van der Waals surface area (Å²) in [6.07, 6.45) is -0.217. The number of sulfonamides is 1. The van der Waals surface area contributed by atoms with E-state index in [4.69, 9.17) is 4.74 Å². The van der Waals surface area contributed by atoms with Crippen LogP contribution in [0.3, 0.4) is 0 Å². The fourth-order valence-corrected chi connectivity index (χ4v) is 4.72. The maximum Gasteiger partial charge on any atom is 0.265 e. The van der Waals surface area contributed by atoms with E-state index in [2.05, 4.69) is 26.0 Å². The Balaban J connectivity index is 1.41. The number of amides is 1. The van der Waals surface area contributed by atoms with Gasteiger partial charge in [-0.25, -0.2) is 8.42 Å². The lowest BCUT2D eigenvalue weighted by molar-refractivity contribution is -0.122. The highest BCUT2D eigenvalue weighted by molar-refractivity contribution is 9.10. The van der Waals surface area contributed by atoms with Gasteiger partial charge in [0, 0.05) is 15.8 Å². The summed E-state index contributed by atoms with van der Waals surface area (Å²) in [5, 5.41) is 4.93. The van der Waals surface area contributed by atoms with Gasteiger partial charge in [-0.1, -0.05) is 53.2 Å². The summed E-state index contributed by atoms with van der Waals surface area (Å²) >= 11 is 3.32. The predicted octanol–water partition coefficient (Wildman–Crippen LogP) is 6.20. The third-order valence-electron chi connectivity index (χ3n) is 5.19. The van der Waals surface area contributed by atoms with Crippen molar-refractivity contribution < 1.29 is 17.9 Å². The van der Waals surface area contributed by atoms with Gasteiger partial charge in [0.25, 0.3) is 15.9 Å². The van der Waals surface area contributed by atoms with Crippen molar-refractivity contribution in [3.63, 3.8) is 0 Å². The molecule has 0 spiro atoms. The molecule has 0 saturated heterocycles. The minimum atomic E-state index is -3.75. The van der Waals surface area contributed by atoms with E-state index in [1.807, 2.05) is 49.4 Å². The summed E-state index contributed by atoms with van der Waals surface area (Å²) in [6.45, 7) is 1.87. The number of hydrogen-bond donors (Lipinski definition) is 2. The number of benzene rings is 4. The zero-order valence-electron chi connectivity index (χ0n) is 18.4. The number of carbonyl (C=O) groups excluding carboxylic acids is 1. The average molecular weight is 539 g/mol. The van der Waals surface area contributed by atoms with Crippen LogP contribution < -0.4 is 14.8 Å². The molecular weight excluding hydrogens is 516 g/mol. The van der Waals surface area contributed by atoms with Crippen molar-refractivity contribution in [1.29, 1.82) is 0 Å². The van der Waals surface area contributed by atoms with Crippen LogP contribution in [0.2, 0.25) is 0 Å². The second kappa shape index (κ2) is 10.3. The fraction of sp³-hybridized carbons (Fsp3) is 0.115. The Morgan fingerprint density at radius 2 is 1.53 bits per heavy atom. The Morgan fingerprint density at radius 3 is 2.21 bits per heavy atom. The number of ether oxygens (including phenoxy) is 1. The van der Waals surface area contributed by atoms with Crippen LogP contribution in [-0.4, -0.2) is 20.4 Å². The molecule has 0 heterocycles. The number of fused-ring (bicyclic) bond motifs is 1. The number of anilines is 2. The lowest BCUT2D eigenvalue weighted by Gasteiger charge is -2.18. The van der Waals surface area contributed by atoms with Crippen molar-refractivity contribution in [3.05, 3.63) is 95.5 Å². The molecule has 0 saturated carbocycles. The number of rotatable bonds is 8. The van der Waals surface area contributed by atoms with Gasteiger partial charge in [-0.15, -0.1) is 0 Å². The van der Waals surface area contributed by atoms with Crippen molar-refractivity contribution >= 4 is 54.0 Å². The van der Waals surface area contributed by atoms with Gasteiger partial charge in [0.2, 0.25) is 0 Å². The highest BCUT2D eigenvalue weighted by Crippen LogP contribution is 2.23. The highest BCUT2D eigenvalue weighted by Gasteiger charge is 2.20. The first-order chi connectivity index (χ1) is 16.3. The molecule has 6 nitrogen and oxygen atoms in total. The number of halogens is 1. The molecule has 0 aliphatic heterocycles. The molecule has 2 N–H and O–H groups in total. The Hall–Kier alpha value is -3.36. The third kappa shape index (κ3) is 5.76. The zero-order chi connectivity index (χ0) is 24.1. The molecule has 4 aromatic rings. The SMILES string of the molecule is CC[C@H](Oc1ccc2ccccc2c1)C(=O)Nc1ccc(S(=O)(=O)Nc2ccc(Br)cc2)cc1. The van der Waals surface area contributed by atoms with Crippen LogP contribution in [0.15, 0.2) is 100 Å². The van der Waals surface area contributed by atoms with Crippen LogP contribution in [0, 0.1) is 0 Å². The van der Waals surface area contributed by atoms with Crippen molar-refractivity contribution in [2.75, 3.05) is 10.0 Å². The first kappa shape index (κ1) is 23.8. The second-order valence-corrected chi connectivity index (χ2v) is 10.2. The van der Waals surface area contributed by atoms with Gasteiger partial charge in [0.15, 0.2) is 6.10 Å². The quantitative estimate of drug-likeness (QED) is 0.279. The van der Waals surface area contributed by atoms with Gasteiger partial charge in [-0.2, -0.15) is 0 Å². The first-order valence-corrected chi connectivity index (χ1v) is 13.0. The molecule has 0 bridgehead atoms. The molecule has 0 fully saturated rings. The molecule has 174 valence electrons. The van der Waals surface area contributed by atoms with E-state index in [1.165, 1.54) is 12.1 Å². The van der Waals surface area contributed by atoms with Crippen LogP contribution in [0.25, 0.3) is 10.8 Å². The molecule has 0 aromatic heterocycles. The van der Waals surface area contributed by atoms with E-state index in [0.29, 0.717) is 23.5 Å².